The van der Waals surface area contributed by atoms with Crippen molar-refractivity contribution < 1.29 is 13.5 Å². The zero-order valence-corrected chi connectivity index (χ0v) is 19.0. The molecule has 3 heterocycles. The Bertz CT molecular complexity index is 1200. The Morgan fingerprint density at radius 3 is 2.56 bits per heavy atom. The maximum absolute atomic E-state index is 12.9. The van der Waals surface area contributed by atoms with Crippen molar-refractivity contribution in [2.75, 3.05) is 6.61 Å². The normalized spacial score (nSPS) is 14.9. The minimum absolute atomic E-state index is 0.135. The van der Waals surface area contributed by atoms with Crippen LogP contribution in [-0.4, -0.2) is 31.6 Å². The summed E-state index contributed by atoms with van der Waals surface area (Å²) >= 11 is 0. The van der Waals surface area contributed by atoms with Crippen LogP contribution < -0.4 is 4.74 Å². The van der Waals surface area contributed by atoms with Gasteiger partial charge < -0.3 is 4.74 Å². The van der Waals surface area contributed by atoms with E-state index in [1.165, 1.54) is 18.6 Å². The minimum Gasteiger partial charge on any atom is -0.472 e. The third-order valence-electron chi connectivity index (χ3n) is 5.43. The summed E-state index contributed by atoms with van der Waals surface area (Å²) in [7, 11) is 0. The molecule has 3 aromatic rings. The standard InChI is InChI=1S/C24H25F2N7O/c1-15(2)29-32-23(21-8-7-17(11-27-21)24(25)26)16(3)14-34-22-10-9-20(30-31-22)18-12-28-33(13-18)19-5-4-6-19/h7-13,19,24H,1,4-6,14H2,2-3H3/b23-16+,32-29-. The summed E-state index contributed by atoms with van der Waals surface area (Å²) in [6.07, 6.45) is 5.88. The maximum Gasteiger partial charge on any atom is 0.265 e. The van der Waals surface area contributed by atoms with Crippen LogP contribution in [0.2, 0.25) is 0 Å². The van der Waals surface area contributed by atoms with E-state index in [-0.39, 0.29) is 12.2 Å². The highest BCUT2D eigenvalue weighted by Crippen LogP contribution is 2.32. The lowest BCUT2D eigenvalue weighted by Gasteiger charge is -2.25. The topological polar surface area (TPSA) is 90.4 Å². The van der Waals surface area contributed by atoms with E-state index >= 15 is 0 Å². The van der Waals surface area contributed by atoms with Crippen LogP contribution in [0.25, 0.3) is 17.0 Å². The van der Waals surface area contributed by atoms with Gasteiger partial charge in [0.05, 0.1) is 29.3 Å². The van der Waals surface area contributed by atoms with Gasteiger partial charge in [-0.25, -0.2) is 8.78 Å². The van der Waals surface area contributed by atoms with Crippen molar-refractivity contribution in [1.82, 2.24) is 25.0 Å². The highest BCUT2D eigenvalue weighted by atomic mass is 19.3. The molecule has 34 heavy (non-hydrogen) atoms. The molecule has 1 aliphatic rings. The molecule has 4 rings (SSSR count). The molecule has 0 radical (unpaired) electrons. The van der Waals surface area contributed by atoms with E-state index in [4.69, 9.17) is 4.74 Å². The highest BCUT2D eigenvalue weighted by Gasteiger charge is 2.20. The van der Waals surface area contributed by atoms with E-state index in [2.05, 4.69) is 37.1 Å². The van der Waals surface area contributed by atoms with Crippen LogP contribution in [0, 0.1) is 0 Å². The summed E-state index contributed by atoms with van der Waals surface area (Å²) < 4.78 is 33.5. The predicted octanol–water partition coefficient (Wildman–Crippen LogP) is 6.19. The van der Waals surface area contributed by atoms with Crippen molar-refractivity contribution in [3.63, 3.8) is 0 Å². The van der Waals surface area contributed by atoms with Crippen LogP contribution in [-0.2, 0) is 0 Å². The summed E-state index contributed by atoms with van der Waals surface area (Å²) in [4.78, 5) is 4.11. The fraction of sp³-hybridized carbons (Fsp3) is 0.333. The quantitative estimate of drug-likeness (QED) is 0.351. The molecule has 3 aromatic heterocycles. The van der Waals surface area contributed by atoms with Gasteiger partial charge in [-0.05, 0) is 56.9 Å². The number of allylic oxidation sites excluding steroid dienone is 1. The molecule has 0 unspecified atom stereocenters. The van der Waals surface area contributed by atoms with Gasteiger partial charge >= 0.3 is 0 Å². The van der Waals surface area contributed by atoms with Crippen LogP contribution in [0.1, 0.15) is 56.8 Å². The third kappa shape index (κ3) is 5.56. The minimum atomic E-state index is -2.59. The SMILES string of the molecule is C=C(C)/N=N\C(=C(/C)COc1ccc(-c2cnn(C3CCC3)c2)nn1)c1ccc(C(F)F)cn1. The fourth-order valence-corrected chi connectivity index (χ4v) is 3.29. The van der Waals surface area contributed by atoms with Gasteiger partial charge in [-0.1, -0.05) is 6.58 Å². The summed E-state index contributed by atoms with van der Waals surface area (Å²) in [5.41, 5.74) is 3.46. The molecule has 0 aromatic carbocycles. The summed E-state index contributed by atoms with van der Waals surface area (Å²) in [5.74, 6) is 0.340. The predicted molar refractivity (Wildman–Crippen MR) is 123 cm³/mol. The molecule has 176 valence electrons. The number of aromatic nitrogens is 5. The van der Waals surface area contributed by atoms with Crippen LogP contribution in [0.3, 0.4) is 0 Å². The smallest absolute Gasteiger partial charge is 0.265 e. The fourth-order valence-electron chi connectivity index (χ4n) is 3.29. The maximum atomic E-state index is 12.9. The van der Waals surface area contributed by atoms with Crippen LogP contribution in [0.4, 0.5) is 8.78 Å². The van der Waals surface area contributed by atoms with Crippen molar-refractivity contribution in [1.29, 1.82) is 0 Å². The first-order chi connectivity index (χ1) is 16.4. The number of hydrogen-bond donors (Lipinski definition) is 0. The average molecular weight is 466 g/mol. The zero-order chi connectivity index (χ0) is 24.1. The van der Waals surface area contributed by atoms with Gasteiger partial charge in [-0.15, -0.1) is 15.3 Å². The Kier molecular flexibility index (Phi) is 7.15. The first-order valence-electron chi connectivity index (χ1n) is 10.9. The number of azo groups is 1. The second-order valence-corrected chi connectivity index (χ2v) is 8.18. The lowest BCUT2D eigenvalue weighted by atomic mass is 9.93. The van der Waals surface area contributed by atoms with Crippen molar-refractivity contribution in [2.24, 2.45) is 10.2 Å². The van der Waals surface area contributed by atoms with E-state index in [0.717, 1.165) is 24.6 Å². The number of rotatable bonds is 9. The monoisotopic (exact) mass is 465 g/mol. The van der Waals surface area contributed by atoms with Gasteiger partial charge in [0.25, 0.3) is 6.43 Å². The largest absolute Gasteiger partial charge is 0.472 e. The molecule has 1 aliphatic carbocycles. The molecule has 0 saturated heterocycles. The molecular formula is C24H25F2N7O. The van der Waals surface area contributed by atoms with Gasteiger partial charge in [0.2, 0.25) is 5.88 Å². The van der Waals surface area contributed by atoms with Crippen LogP contribution in [0.15, 0.2) is 70.9 Å². The molecule has 0 aliphatic heterocycles. The highest BCUT2D eigenvalue weighted by molar-refractivity contribution is 5.64. The lowest BCUT2D eigenvalue weighted by molar-refractivity contribution is 0.151. The van der Waals surface area contributed by atoms with E-state index < -0.39 is 6.43 Å². The average Bonchev–Trinajstić information content (AvgIpc) is 3.26. The number of nitrogens with zero attached hydrogens (tertiary/aromatic N) is 7. The summed E-state index contributed by atoms with van der Waals surface area (Å²) in [5, 5.41) is 21.0. The molecule has 0 amide bonds. The van der Waals surface area contributed by atoms with Gasteiger partial charge in [0.1, 0.15) is 12.3 Å². The first kappa shape index (κ1) is 23.3. The van der Waals surface area contributed by atoms with Gasteiger partial charge in [0.15, 0.2) is 0 Å². The lowest BCUT2D eigenvalue weighted by Crippen LogP contribution is -2.16. The van der Waals surface area contributed by atoms with Crippen molar-refractivity contribution in [3.8, 4) is 17.1 Å². The molecule has 8 nitrogen and oxygen atoms in total. The van der Waals surface area contributed by atoms with Crippen molar-refractivity contribution in [3.05, 3.63) is 72.0 Å². The van der Waals surface area contributed by atoms with Crippen LogP contribution >= 0.6 is 0 Å². The number of alkyl halides is 2. The Morgan fingerprint density at radius 2 is 1.97 bits per heavy atom. The first-order valence-corrected chi connectivity index (χ1v) is 10.9. The molecule has 1 fully saturated rings. The Labute approximate surface area is 196 Å². The molecule has 0 spiro atoms. The summed E-state index contributed by atoms with van der Waals surface area (Å²) in [6, 6.07) is 6.85. The second kappa shape index (κ2) is 10.4. The molecule has 0 N–H and O–H groups in total. The Hall–Kier alpha value is -3.82. The zero-order valence-electron chi connectivity index (χ0n) is 19.0. The van der Waals surface area contributed by atoms with E-state index in [1.807, 2.05) is 16.9 Å². The Morgan fingerprint density at radius 1 is 1.15 bits per heavy atom. The van der Waals surface area contributed by atoms with E-state index in [1.54, 1.807) is 26.1 Å². The van der Waals surface area contributed by atoms with Gasteiger partial charge in [-0.3, -0.25) is 9.67 Å². The van der Waals surface area contributed by atoms with Gasteiger partial charge in [-0.2, -0.15) is 10.2 Å². The molecule has 10 heteroatoms. The number of pyridine rings is 1. The van der Waals surface area contributed by atoms with E-state index in [9.17, 15) is 8.78 Å². The molecule has 1 saturated carbocycles. The molecule has 0 bridgehead atoms. The summed E-state index contributed by atoms with van der Waals surface area (Å²) in [6.45, 7) is 7.34. The van der Waals surface area contributed by atoms with Crippen molar-refractivity contribution in [2.45, 2.75) is 45.6 Å². The molecular weight excluding hydrogens is 440 g/mol. The number of ether oxygens (including phenoxy) is 1. The second-order valence-electron chi connectivity index (χ2n) is 8.18. The van der Waals surface area contributed by atoms with Crippen LogP contribution in [0.5, 0.6) is 5.88 Å². The Balaban J connectivity index is 1.47. The van der Waals surface area contributed by atoms with E-state index in [0.29, 0.717) is 40.3 Å². The number of hydrogen-bond acceptors (Lipinski definition) is 7. The van der Waals surface area contributed by atoms with Gasteiger partial charge in [0, 0.05) is 29.6 Å². The number of halogens is 2. The van der Waals surface area contributed by atoms with Crippen molar-refractivity contribution >= 4 is 5.70 Å². The third-order valence-corrected chi connectivity index (χ3v) is 5.43. The molecule has 0 atom stereocenters.